The molecule has 0 aromatic rings. The van der Waals surface area contributed by atoms with E-state index < -0.39 is 65.7 Å². The van der Waals surface area contributed by atoms with Gasteiger partial charge in [0.25, 0.3) is 0 Å². The Hall–Kier alpha value is -3.22. The predicted molar refractivity (Wildman–Crippen MR) is 175 cm³/mol. The largest absolute Gasteiger partial charge is 0.368 e. The van der Waals surface area contributed by atoms with Crippen molar-refractivity contribution in [2.24, 2.45) is 41.1 Å². The van der Waals surface area contributed by atoms with Crippen LogP contribution >= 0.6 is 0 Å². The molecule has 260 valence electrons. The van der Waals surface area contributed by atoms with Crippen molar-refractivity contribution in [2.75, 3.05) is 6.54 Å². The van der Waals surface area contributed by atoms with E-state index in [4.69, 9.17) is 11.5 Å². The van der Waals surface area contributed by atoms with Gasteiger partial charge in [0.15, 0.2) is 0 Å². The molecule has 0 rings (SSSR count). The van der Waals surface area contributed by atoms with E-state index in [9.17, 15) is 28.8 Å². The average molecular weight is 640 g/mol. The van der Waals surface area contributed by atoms with Crippen LogP contribution in [0.1, 0.15) is 101 Å². The summed E-state index contributed by atoms with van der Waals surface area (Å²) in [7, 11) is 0. The highest BCUT2D eigenvalue weighted by molar-refractivity contribution is 5.96. The lowest BCUT2D eigenvalue weighted by Crippen LogP contribution is -2.59. The van der Waals surface area contributed by atoms with E-state index in [0.29, 0.717) is 19.3 Å². The van der Waals surface area contributed by atoms with E-state index in [0.717, 1.165) is 0 Å². The van der Waals surface area contributed by atoms with Gasteiger partial charge in [-0.3, -0.25) is 28.8 Å². The van der Waals surface area contributed by atoms with Crippen LogP contribution in [0.25, 0.3) is 0 Å². The number of hydrogen-bond donors (Lipinski definition) is 7. The zero-order valence-electron chi connectivity index (χ0n) is 29.1. The Labute approximate surface area is 269 Å². The van der Waals surface area contributed by atoms with Crippen LogP contribution in [0.5, 0.6) is 0 Å². The minimum atomic E-state index is -1.00. The van der Waals surface area contributed by atoms with Crippen LogP contribution in [-0.2, 0) is 28.8 Å². The van der Waals surface area contributed by atoms with Crippen molar-refractivity contribution in [1.29, 1.82) is 0 Å². The lowest BCUT2D eigenvalue weighted by atomic mass is 9.97. The van der Waals surface area contributed by atoms with Gasteiger partial charge in [-0.05, 0) is 61.7 Å². The van der Waals surface area contributed by atoms with E-state index in [-0.39, 0.29) is 49.0 Å². The standard InChI is InChI=1S/C32H61N7O6/c1-17(2)11-22(28(34)41)36-30(43)24(13-19(5)6)38-32(45)26(15-21(9)10)39-31(44)25(14-20(7)8)37-29(42)23(12-18(3)4)35-27(40)16-33/h17-26H,11-16,33H2,1-10H3,(H2,34,41)(H,35,40)(H,36,43)(H,37,42)(H,38,45)(H,39,44)/t22-,23-,24-,25-,26-/m0/s1. The van der Waals surface area contributed by atoms with Crippen molar-refractivity contribution in [1.82, 2.24) is 26.6 Å². The zero-order chi connectivity index (χ0) is 35.0. The number of primary amides is 1. The van der Waals surface area contributed by atoms with Crippen molar-refractivity contribution in [3.05, 3.63) is 0 Å². The van der Waals surface area contributed by atoms with E-state index in [2.05, 4.69) is 26.6 Å². The normalized spacial score (nSPS) is 14.9. The quantitative estimate of drug-likeness (QED) is 0.0969. The van der Waals surface area contributed by atoms with Crippen molar-refractivity contribution >= 4 is 35.4 Å². The van der Waals surface area contributed by atoms with Gasteiger partial charge >= 0.3 is 0 Å². The third kappa shape index (κ3) is 17.8. The minimum Gasteiger partial charge on any atom is -0.368 e. The molecule has 9 N–H and O–H groups in total. The Kier molecular flexibility index (Phi) is 19.3. The molecule has 0 spiro atoms. The molecule has 0 aliphatic rings. The smallest absolute Gasteiger partial charge is 0.243 e. The van der Waals surface area contributed by atoms with Gasteiger partial charge in [-0.2, -0.15) is 0 Å². The molecule has 0 saturated carbocycles. The van der Waals surface area contributed by atoms with E-state index in [1.165, 1.54) is 0 Å². The summed E-state index contributed by atoms with van der Waals surface area (Å²) in [6.07, 6.45) is 1.56. The number of nitrogens with two attached hydrogens (primary N) is 2. The fourth-order valence-electron chi connectivity index (χ4n) is 4.87. The van der Waals surface area contributed by atoms with E-state index in [1.807, 2.05) is 69.2 Å². The monoisotopic (exact) mass is 639 g/mol. The van der Waals surface area contributed by atoms with Gasteiger partial charge in [0, 0.05) is 0 Å². The maximum Gasteiger partial charge on any atom is 0.243 e. The summed E-state index contributed by atoms with van der Waals surface area (Å²) in [5, 5.41) is 13.6. The Morgan fingerprint density at radius 1 is 0.422 bits per heavy atom. The minimum absolute atomic E-state index is 0.00347. The molecular formula is C32H61N7O6. The second-order valence-electron chi connectivity index (χ2n) is 14.1. The number of hydrogen-bond acceptors (Lipinski definition) is 7. The average Bonchev–Trinajstić information content (AvgIpc) is 2.89. The van der Waals surface area contributed by atoms with Crippen LogP contribution in [0.4, 0.5) is 0 Å². The van der Waals surface area contributed by atoms with Crippen molar-refractivity contribution < 1.29 is 28.8 Å². The summed E-state index contributed by atoms with van der Waals surface area (Å²) in [6, 6.07) is -4.71. The molecule has 13 heteroatoms. The molecular weight excluding hydrogens is 578 g/mol. The molecule has 0 radical (unpaired) electrons. The number of amides is 6. The lowest BCUT2D eigenvalue weighted by Gasteiger charge is -2.29. The summed E-state index contributed by atoms with van der Waals surface area (Å²) in [5.41, 5.74) is 11.0. The highest BCUT2D eigenvalue weighted by Gasteiger charge is 2.33. The van der Waals surface area contributed by atoms with Gasteiger partial charge in [-0.25, -0.2) is 0 Å². The molecule has 0 aliphatic carbocycles. The van der Waals surface area contributed by atoms with Crippen LogP contribution in [-0.4, -0.2) is 72.2 Å². The number of carbonyl (C=O) groups is 6. The summed E-state index contributed by atoms with van der Waals surface area (Å²) in [4.78, 5) is 77.7. The lowest BCUT2D eigenvalue weighted by molar-refractivity contribution is -0.135. The Bertz CT molecular complexity index is 983. The molecule has 0 bridgehead atoms. The molecule has 0 heterocycles. The topological polar surface area (TPSA) is 215 Å². The van der Waals surface area contributed by atoms with Crippen LogP contribution in [0, 0.1) is 29.6 Å². The van der Waals surface area contributed by atoms with Gasteiger partial charge in [0.2, 0.25) is 35.4 Å². The number of rotatable bonds is 21. The van der Waals surface area contributed by atoms with Gasteiger partial charge < -0.3 is 38.1 Å². The Balaban J connectivity index is 6.05. The first-order chi connectivity index (χ1) is 20.8. The molecule has 0 aliphatic heterocycles. The fraction of sp³-hybridized carbons (Fsp3) is 0.812. The summed E-state index contributed by atoms with van der Waals surface area (Å²) < 4.78 is 0. The van der Waals surface area contributed by atoms with Crippen molar-refractivity contribution in [2.45, 2.75) is 132 Å². The van der Waals surface area contributed by atoms with Crippen molar-refractivity contribution in [3.63, 3.8) is 0 Å². The highest BCUT2D eigenvalue weighted by atomic mass is 16.2. The first-order valence-electron chi connectivity index (χ1n) is 16.3. The Morgan fingerprint density at radius 2 is 0.644 bits per heavy atom. The van der Waals surface area contributed by atoms with E-state index in [1.54, 1.807) is 0 Å². The van der Waals surface area contributed by atoms with Crippen LogP contribution in [0.15, 0.2) is 0 Å². The maximum absolute atomic E-state index is 13.6. The van der Waals surface area contributed by atoms with Crippen LogP contribution in [0.2, 0.25) is 0 Å². The highest BCUT2D eigenvalue weighted by Crippen LogP contribution is 2.13. The second kappa shape index (κ2) is 20.7. The summed E-state index contributed by atoms with van der Waals surface area (Å²) in [5.74, 6) is -3.08. The van der Waals surface area contributed by atoms with Crippen LogP contribution < -0.4 is 38.1 Å². The maximum atomic E-state index is 13.6. The molecule has 0 unspecified atom stereocenters. The number of carbonyl (C=O) groups excluding carboxylic acids is 6. The second-order valence-corrected chi connectivity index (χ2v) is 14.1. The zero-order valence-corrected chi connectivity index (χ0v) is 29.1. The summed E-state index contributed by atoms with van der Waals surface area (Å²) in [6.45, 7) is 18.8. The first kappa shape index (κ1) is 41.8. The number of nitrogens with one attached hydrogen (secondary N) is 5. The molecule has 45 heavy (non-hydrogen) atoms. The molecule has 0 aromatic carbocycles. The predicted octanol–water partition coefficient (Wildman–Crippen LogP) is 1.08. The SMILES string of the molecule is CC(C)C[C@H](NC(=O)[C@H](CC(C)C)NC(=O)[C@H](CC(C)C)NC(=O)[C@H](CC(C)C)NC(=O)[C@H](CC(C)C)NC(=O)CN)C(N)=O. The third-order valence-electron chi connectivity index (χ3n) is 6.93. The Morgan fingerprint density at radius 3 is 0.867 bits per heavy atom. The van der Waals surface area contributed by atoms with Crippen LogP contribution in [0.3, 0.4) is 0 Å². The van der Waals surface area contributed by atoms with E-state index >= 15 is 0 Å². The van der Waals surface area contributed by atoms with Crippen molar-refractivity contribution in [3.8, 4) is 0 Å². The molecule has 0 aromatic heterocycles. The summed E-state index contributed by atoms with van der Waals surface area (Å²) >= 11 is 0. The third-order valence-corrected chi connectivity index (χ3v) is 6.93. The first-order valence-corrected chi connectivity index (χ1v) is 16.3. The van der Waals surface area contributed by atoms with Gasteiger partial charge in [-0.15, -0.1) is 0 Å². The molecule has 6 amide bonds. The van der Waals surface area contributed by atoms with Gasteiger partial charge in [0.1, 0.15) is 30.2 Å². The van der Waals surface area contributed by atoms with Gasteiger partial charge in [0.05, 0.1) is 6.54 Å². The molecule has 13 nitrogen and oxygen atoms in total. The van der Waals surface area contributed by atoms with Gasteiger partial charge in [-0.1, -0.05) is 69.2 Å². The molecule has 0 saturated heterocycles. The fourth-order valence-corrected chi connectivity index (χ4v) is 4.87. The molecule has 5 atom stereocenters. The molecule has 0 fully saturated rings.